The third-order valence-electron chi connectivity index (χ3n) is 4.52. The van der Waals surface area contributed by atoms with Gasteiger partial charge in [-0.25, -0.2) is 4.79 Å². The Balaban J connectivity index is 1.95. The van der Waals surface area contributed by atoms with Crippen molar-refractivity contribution in [3.63, 3.8) is 0 Å². The van der Waals surface area contributed by atoms with Crippen molar-refractivity contribution in [1.29, 1.82) is 0 Å². The second kappa shape index (κ2) is 16.6. The fourth-order valence-corrected chi connectivity index (χ4v) is 2.99. The lowest BCUT2D eigenvalue weighted by Crippen LogP contribution is -2.09. The molecule has 0 amide bonds. The highest BCUT2D eigenvalue weighted by Gasteiger charge is 2.14. The molecule has 153 valence electrons. The summed E-state index contributed by atoms with van der Waals surface area (Å²) in [5.41, 5.74) is 0.394. The first-order valence-electron chi connectivity index (χ1n) is 10.6. The van der Waals surface area contributed by atoms with E-state index in [0.29, 0.717) is 24.5 Å². The van der Waals surface area contributed by atoms with Gasteiger partial charge in [0.1, 0.15) is 11.3 Å². The maximum Gasteiger partial charge on any atom is 0.376 e. The summed E-state index contributed by atoms with van der Waals surface area (Å²) >= 11 is 0. The Hall–Kier alpha value is -1.55. The van der Waals surface area contributed by atoms with E-state index in [9.17, 15) is 4.79 Å². The minimum atomic E-state index is -0.505. The van der Waals surface area contributed by atoms with Crippen molar-refractivity contribution in [3.8, 4) is 5.75 Å². The number of carbonyl (C=O) groups is 1. The van der Waals surface area contributed by atoms with Gasteiger partial charge < -0.3 is 4.74 Å². The zero-order valence-electron chi connectivity index (χ0n) is 17.0. The van der Waals surface area contributed by atoms with Crippen LogP contribution in [-0.4, -0.2) is 19.2 Å². The molecule has 0 atom stereocenters. The van der Waals surface area contributed by atoms with E-state index in [1.54, 1.807) is 18.2 Å². The summed E-state index contributed by atoms with van der Waals surface area (Å²) in [6, 6.07) is 7.04. The van der Waals surface area contributed by atoms with Crippen molar-refractivity contribution in [2.24, 2.45) is 0 Å². The molecule has 0 heterocycles. The molecule has 0 N–H and O–H groups in total. The minimum Gasteiger partial charge on any atom is -0.493 e. The van der Waals surface area contributed by atoms with Crippen molar-refractivity contribution in [1.82, 2.24) is 0 Å². The molecule has 0 aliphatic rings. The van der Waals surface area contributed by atoms with Crippen LogP contribution in [0.25, 0.3) is 0 Å². The second-order valence-electron chi connectivity index (χ2n) is 6.86. The standard InChI is InChI=1S/C23H37O4/c1-3-5-6-7-8-9-10-11-12-13-14-17-20-26-27-23(24)21-18-15-16-19-22(21)25-4-2/h15-16,18-19H,1,3-14,17,20H2,2H3. The number of para-hydroxylation sites is 1. The van der Waals surface area contributed by atoms with E-state index in [2.05, 4.69) is 6.92 Å². The van der Waals surface area contributed by atoms with Crippen LogP contribution in [0, 0.1) is 6.92 Å². The van der Waals surface area contributed by atoms with Crippen LogP contribution < -0.4 is 4.74 Å². The van der Waals surface area contributed by atoms with E-state index < -0.39 is 5.97 Å². The van der Waals surface area contributed by atoms with Crippen molar-refractivity contribution < 1.29 is 19.3 Å². The Morgan fingerprint density at radius 2 is 1.41 bits per heavy atom. The zero-order valence-corrected chi connectivity index (χ0v) is 17.0. The Bertz CT molecular complexity index is 487. The number of ether oxygens (including phenoxy) is 1. The van der Waals surface area contributed by atoms with E-state index in [4.69, 9.17) is 14.5 Å². The molecule has 0 aromatic heterocycles. The molecule has 27 heavy (non-hydrogen) atoms. The van der Waals surface area contributed by atoms with Gasteiger partial charge in [0.05, 0.1) is 13.2 Å². The number of unbranched alkanes of at least 4 members (excludes halogenated alkanes) is 11. The molecular weight excluding hydrogens is 340 g/mol. The predicted octanol–water partition coefficient (Wildman–Crippen LogP) is 6.69. The second-order valence-corrected chi connectivity index (χ2v) is 6.86. The van der Waals surface area contributed by atoms with Crippen molar-refractivity contribution in [3.05, 3.63) is 36.8 Å². The van der Waals surface area contributed by atoms with Gasteiger partial charge in [0.25, 0.3) is 0 Å². The Kier molecular flexibility index (Phi) is 14.5. The highest BCUT2D eigenvalue weighted by Crippen LogP contribution is 2.19. The van der Waals surface area contributed by atoms with Gasteiger partial charge in [-0.2, -0.15) is 4.89 Å². The number of hydrogen-bond acceptors (Lipinski definition) is 4. The zero-order chi connectivity index (χ0) is 19.6. The van der Waals surface area contributed by atoms with Crippen LogP contribution in [0.4, 0.5) is 0 Å². The van der Waals surface area contributed by atoms with Crippen LogP contribution in [0.5, 0.6) is 5.75 Å². The molecule has 1 rings (SSSR count). The molecule has 4 nitrogen and oxygen atoms in total. The van der Waals surface area contributed by atoms with Crippen LogP contribution in [-0.2, 0) is 9.78 Å². The van der Waals surface area contributed by atoms with Crippen LogP contribution in [0.2, 0.25) is 0 Å². The fourth-order valence-electron chi connectivity index (χ4n) is 2.99. The summed E-state index contributed by atoms with van der Waals surface area (Å²) in [5.74, 6) is 0.0187. The molecule has 1 radical (unpaired) electrons. The molecular formula is C23H37O4. The quantitative estimate of drug-likeness (QED) is 0.172. The molecule has 0 aliphatic heterocycles. The molecule has 1 aromatic rings. The Labute approximate surface area is 165 Å². The lowest BCUT2D eigenvalue weighted by molar-refractivity contribution is -0.241. The van der Waals surface area contributed by atoms with Crippen LogP contribution in [0.15, 0.2) is 24.3 Å². The largest absolute Gasteiger partial charge is 0.493 e. The van der Waals surface area contributed by atoms with Gasteiger partial charge in [0.2, 0.25) is 0 Å². The molecule has 0 fully saturated rings. The van der Waals surface area contributed by atoms with E-state index in [1.165, 1.54) is 57.8 Å². The number of hydrogen-bond donors (Lipinski definition) is 0. The highest BCUT2D eigenvalue weighted by molar-refractivity contribution is 5.92. The molecule has 0 spiro atoms. The maximum absolute atomic E-state index is 12.0. The lowest BCUT2D eigenvalue weighted by Gasteiger charge is -2.08. The monoisotopic (exact) mass is 377 g/mol. The first-order valence-corrected chi connectivity index (χ1v) is 10.6. The summed E-state index contributed by atoms with van der Waals surface area (Å²) < 4.78 is 5.42. The maximum atomic E-state index is 12.0. The summed E-state index contributed by atoms with van der Waals surface area (Å²) in [7, 11) is 0. The summed E-state index contributed by atoms with van der Waals surface area (Å²) in [6.45, 7) is 6.69. The van der Waals surface area contributed by atoms with Gasteiger partial charge in [-0.1, -0.05) is 89.7 Å². The molecule has 4 heteroatoms. The van der Waals surface area contributed by atoms with Gasteiger partial charge >= 0.3 is 5.97 Å². The van der Waals surface area contributed by atoms with E-state index in [1.807, 2.05) is 13.0 Å². The van der Waals surface area contributed by atoms with Crippen molar-refractivity contribution >= 4 is 5.97 Å². The first-order chi connectivity index (χ1) is 13.3. The Morgan fingerprint density at radius 1 is 0.852 bits per heavy atom. The van der Waals surface area contributed by atoms with E-state index in [0.717, 1.165) is 19.3 Å². The first kappa shape index (κ1) is 23.5. The summed E-state index contributed by atoms with van der Waals surface area (Å²) in [6.07, 6.45) is 14.9. The molecule has 0 aliphatic carbocycles. The SMILES string of the molecule is [CH2]CCCCCCCCCCCCCOOC(=O)c1ccccc1OCC. The molecule has 1 aromatic carbocycles. The molecule has 0 bridgehead atoms. The topological polar surface area (TPSA) is 44.8 Å². The average Bonchev–Trinajstić information content (AvgIpc) is 2.68. The van der Waals surface area contributed by atoms with Gasteiger partial charge in [0.15, 0.2) is 0 Å². The summed E-state index contributed by atoms with van der Waals surface area (Å²) in [4.78, 5) is 22.0. The van der Waals surface area contributed by atoms with Crippen molar-refractivity contribution in [2.75, 3.05) is 13.2 Å². The highest BCUT2D eigenvalue weighted by atomic mass is 17.2. The van der Waals surface area contributed by atoms with Crippen LogP contribution >= 0.6 is 0 Å². The van der Waals surface area contributed by atoms with Gasteiger partial charge in [-0.3, -0.25) is 4.89 Å². The van der Waals surface area contributed by atoms with Gasteiger partial charge in [0, 0.05) is 0 Å². The Morgan fingerprint density at radius 3 is 2.00 bits per heavy atom. The van der Waals surface area contributed by atoms with Crippen molar-refractivity contribution in [2.45, 2.75) is 84.0 Å². The van der Waals surface area contributed by atoms with Gasteiger partial charge in [-0.05, 0) is 25.5 Å². The van der Waals surface area contributed by atoms with E-state index in [-0.39, 0.29) is 0 Å². The third kappa shape index (κ3) is 11.7. The van der Waals surface area contributed by atoms with Crippen LogP contribution in [0.3, 0.4) is 0 Å². The predicted molar refractivity (Wildman–Crippen MR) is 110 cm³/mol. The van der Waals surface area contributed by atoms with Gasteiger partial charge in [-0.15, -0.1) is 0 Å². The molecule has 0 saturated heterocycles. The fraction of sp³-hybridized carbons (Fsp3) is 0.652. The minimum absolute atomic E-state index is 0.394. The average molecular weight is 378 g/mol. The number of benzene rings is 1. The van der Waals surface area contributed by atoms with E-state index >= 15 is 0 Å². The molecule has 0 saturated carbocycles. The van der Waals surface area contributed by atoms with Crippen LogP contribution in [0.1, 0.15) is 94.3 Å². The number of carbonyl (C=O) groups excluding carboxylic acids is 1. The summed E-state index contributed by atoms with van der Waals surface area (Å²) in [5, 5.41) is 0. The third-order valence-corrected chi connectivity index (χ3v) is 4.52. The number of rotatable bonds is 17. The molecule has 0 unspecified atom stereocenters. The lowest BCUT2D eigenvalue weighted by atomic mass is 10.1. The normalized spacial score (nSPS) is 10.7. The smallest absolute Gasteiger partial charge is 0.376 e.